The SMILES string of the molecule is COc1ccc2c(NCC(C)N(C)C3CC3)nccc2c1. The van der Waals surface area contributed by atoms with Gasteiger partial charge < -0.3 is 10.1 Å². The number of nitrogens with zero attached hydrogens (tertiary/aromatic N) is 2. The van der Waals surface area contributed by atoms with Crippen molar-refractivity contribution < 1.29 is 4.74 Å². The highest BCUT2D eigenvalue weighted by molar-refractivity contribution is 5.92. The zero-order valence-corrected chi connectivity index (χ0v) is 13.0. The number of aromatic nitrogens is 1. The molecular weight excluding hydrogens is 262 g/mol. The van der Waals surface area contributed by atoms with Gasteiger partial charge in [0.25, 0.3) is 0 Å². The smallest absolute Gasteiger partial charge is 0.133 e. The molecule has 0 amide bonds. The Morgan fingerprint density at radius 3 is 2.90 bits per heavy atom. The molecule has 0 saturated heterocycles. The van der Waals surface area contributed by atoms with E-state index in [0.29, 0.717) is 6.04 Å². The van der Waals surface area contributed by atoms with E-state index in [1.165, 1.54) is 12.8 Å². The summed E-state index contributed by atoms with van der Waals surface area (Å²) in [7, 11) is 3.91. The van der Waals surface area contributed by atoms with Gasteiger partial charge in [0.2, 0.25) is 0 Å². The number of likely N-dealkylation sites (N-methyl/N-ethyl adjacent to an activating group) is 1. The van der Waals surface area contributed by atoms with Crippen molar-refractivity contribution in [1.29, 1.82) is 0 Å². The monoisotopic (exact) mass is 285 g/mol. The van der Waals surface area contributed by atoms with E-state index in [1.807, 2.05) is 24.4 Å². The van der Waals surface area contributed by atoms with Gasteiger partial charge in [0.1, 0.15) is 11.6 Å². The minimum atomic E-state index is 0.507. The lowest BCUT2D eigenvalue weighted by atomic mass is 10.1. The van der Waals surface area contributed by atoms with Gasteiger partial charge in [-0.05, 0) is 56.5 Å². The van der Waals surface area contributed by atoms with Crippen molar-refractivity contribution in [3.63, 3.8) is 0 Å². The molecule has 2 aromatic rings. The average Bonchev–Trinajstić information content (AvgIpc) is 3.35. The molecule has 1 unspecified atom stereocenters. The molecule has 1 aromatic heterocycles. The number of hydrogen-bond donors (Lipinski definition) is 1. The first-order chi connectivity index (χ1) is 10.2. The zero-order valence-electron chi connectivity index (χ0n) is 13.0. The van der Waals surface area contributed by atoms with Crippen LogP contribution in [0.25, 0.3) is 10.8 Å². The van der Waals surface area contributed by atoms with E-state index in [-0.39, 0.29) is 0 Å². The summed E-state index contributed by atoms with van der Waals surface area (Å²) < 4.78 is 5.28. The molecule has 21 heavy (non-hydrogen) atoms. The van der Waals surface area contributed by atoms with E-state index >= 15 is 0 Å². The molecule has 1 aliphatic carbocycles. The first-order valence-electron chi connectivity index (χ1n) is 7.57. The summed E-state index contributed by atoms with van der Waals surface area (Å²) in [6.45, 7) is 3.17. The Labute approximate surface area is 126 Å². The van der Waals surface area contributed by atoms with Gasteiger partial charge in [-0.25, -0.2) is 4.98 Å². The van der Waals surface area contributed by atoms with Crippen LogP contribution in [0, 0.1) is 0 Å². The molecule has 1 saturated carbocycles. The highest BCUT2D eigenvalue weighted by Crippen LogP contribution is 2.28. The molecule has 3 rings (SSSR count). The molecule has 1 fully saturated rings. The van der Waals surface area contributed by atoms with E-state index in [4.69, 9.17) is 4.74 Å². The molecule has 1 N–H and O–H groups in total. The number of benzene rings is 1. The number of anilines is 1. The fraction of sp³-hybridized carbons (Fsp3) is 0.471. The van der Waals surface area contributed by atoms with E-state index in [0.717, 1.165) is 34.9 Å². The van der Waals surface area contributed by atoms with E-state index in [1.54, 1.807) is 7.11 Å². The summed E-state index contributed by atoms with van der Waals surface area (Å²) in [6.07, 6.45) is 4.53. The van der Waals surface area contributed by atoms with Crippen molar-refractivity contribution in [3.05, 3.63) is 30.5 Å². The van der Waals surface area contributed by atoms with Crippen LogP contribution >= 0.6 is 0 Å². The van der Waals surface area contributed by atoms with Crippen LogP contribution in [0.2, 0.25) is 0 Å². The number of fused-ring (bicyclic) bond motifs is 1. The highest BCUT2D eigenvalue weighted by atomic mass is 16.5. The van der Waals surface area contributed by atoms with Gasteiger partial charge in [-0.2, -0.15) is 0 Å². The van der Waals surface area contributed by atoms with Gasteiger partial charge in [0, 0.05) is 30.2 Å². The summed E-state index contributed by atoms with van der Waals surface area (Å²) in [5.41, 5.74) is 0. The van der Waals surface area contributed by atoms with Crippen LogP contribution in [0.5, 0.6) is 5.75 Å². The maximum Gasteiger partial charge on any atom is 0.133 e. The zero-order chi connectivity index (χ0) is 14.8. The summed E-state index contributed by atoms with van der Waals surface area (Å²) >= 11 is 0. The fourth-order valence-electron chi connectivity index (χ4n) is 2.65. The van der Waals surface area contributed by atoms with Crippen LogP contribution in [0.1, 0.15) is 19.8 Å². The normalized spacial score (nSPS) is 16.2. The molecule has 0 bridgehead atoms. The molecule has 0 aliphatic heterocycles. The molecule has 1 aromatic carbocycles. The quantitative estimate of drug-likeness (QED) is 0.885. The van der Waals surface area contributed by atoms with Crippen LogP contribution in [0.4, 0.5) is 5.82 Å². The second-order valence-corrected chi connectivity index (χ2v) is 5.87. The number of nitrogens with one attached hydrogen (secondary N) is 1. The topological polar surface area (TPSA) is 37.4 Å². The first kappa shape index (κ1) is 14.1. The van der Waals surface area contributed by atoms with Crippen molar-refractivity contribution >= 4 is 16.6 Å². The molecule has 1 heterocycles. The second-order valence-electron chi connectivity index (χ2n) is 5.87. The predicted molar refractivity (Wildman–Crippen MR) is 87.0 cm³/mol. The van der Waals surface area contributed by atoms with Gasteiger partial charge in [0.05, 0.1) is 7.11 Å². The third-order valence-electron chi connectivity index (χ3n) is 4.35. The van der Waals surface area contributed by atoms with Crippen LogP contribution in [0.3, 0.4) is 0 Å². The molecule has 1 atom stereocenters. The minimum absolute atomic E-state index is 0.507. The van der Waals surface area contributed by atoms with Crippen LogP contribution in [-0.2, 0) is 0 Å². The Hall–Kier alpha value is -1.81. The summed E-state index contributed by atoms with van der Waals surface area (Å²) in [6, 6.07) is 9.40. The Morgan fingerprint density at radius 2 is 2.19 bits per heavy atom. The number of hydrogen-bond acceptors (Lipinski definition) is 4. The summed E-state index contributed by atoms with van der Waals surface area (Å²) in [5, 5.41) is 5.78. The van der Waals surface area contributed by atoms with Gasteiger partial charge >= 0.3 is 0 Å². The number of ether oxygens (including phenoxy) is 1. The van der Waals surface area contributed by atoms with Gasteiger partial charge in [-0.3, -0.25) is 4.90 Å². The Morgan fingerprint density at radius 1 is 1.38 bits per heavy atom. The van der Waals surface area contributed by atoms with Crippen molar-refractivity contribution in [2.75, 3.05) is 26.0 Å². The third kappa shape index (κ3) is 3.10. The maximum absolute atomic E-state index is 5.28. The second kappa shape index (κ2) is 5.90. The van der Waals surface area contributed by atoms with Crippen molar-refractivity contribution in [2.45, 2.75) is 31.8 Å². The predicted octanol–water partition coefficient (Wildman–Crippen LogP) is 3.14. The molecule has 4 nitrogen and oxygen atoms in total. The molecule has 0 spiro atoms. The summed E-state index contributed by atoms with van der Waals surface area (Å²) in [5.74, 6) is 1.83. The maximum atomic E-state index is 5.28. The minimum Gasteiger partial charge on any atom is -0.497 e. The highest BCUT2D eigenvalue weighted by Gasteiger charge is 2.28. The van der Waals surface area contributed by atoms with Crippen LogP contribution < -0.4 is 10.1 Å². The van der Waals surface area contributed by atoms with E-state index in [9.17, 15) is 0 Å². The molecule has 112 valence electrons. The Kier molecular flexibility index (Phi) is 3.97. The lowest BCUT2D eigenvalue weighted by molar-refractivity contribution is 0.257. The molecule has 1 aliphatic rings. The fourth-order valence-corrected chi connectivity index (χ4v) is 2.65. The largest absolute Gasteiger partial charge is 0.497 e. The lowest BCUT2D eigenvalue weighted by Crippen LogP contribution is -2.36. The summed E-state index contributed by atoms with van der Waals surface area (Å²) in [4.78, 5) is 6.94. The Bertz CT molecular complexity index is 624. The molecular formula is C17H23N3O. The number of rotatable bonds is 6. The van der Waals surface area contributed by atoms with Crippen molar-refractivity contribution in [3.8, 4) is 5.75 Å². The first-order valence-corrected chi connectivity index (χ1v) is 7.57. The van der Waals surface area contributed by atoms with E-state index < -0.39 is 0 Å². The lowest BCUT2D eigenvalue weighted by Gasteiger charge is -2.25. The Balaban J connectivity index is 1.74. The standard InChI is InChI=1S/C17H23N3O/c1-12(20(2)14-4-5-14)11-19-17-16-7-6-15(21-3)10-13(16)8-9-18-17/h6-10,12,14H,4-5,11H2,1-3H3,(H,18,19). The molecule has 0 radical (unpaired) electrons. The van der Waals surface area contributed by atoms with Crippen molar-refractivity contribution in [1.82, 2.24) is 9.88 Å². The van der Waals surface area contributed by atoms with Gasteiger partial charge in [0.15, 0.2) is 0 Å². The average molecular weight is 285 g/mol. The molecule has 4 heteroatoms. The number of pyridine rings is 1. The van der Waals surface area contributed by atoms with Crippen LogP contribution in [-0.4, -0.2) is 42.7 Å². The van der Waals surface area contributed by atoms with Crippen LogP contribution in [0.15, 0.2) is 30.5 Å². The van der Waals surface area contributed by atoms with Gasteiger partial charge in [-0.1, -0.05) is 0 Å². The third-order valence-corrected chi connectivity index (χ3v) is 4.35. The van der Waals surface area contributed by atoms with Gasteiger partial charge in [-0.15, -0.1) is 0 Å². The van der Waals surface area contributed by atoms with Crippen molar-refractivity contribution in [2.24, 2.45) is 0 Å². The van der Waals surface area contributed by atoms with E-state index in [2.05, 4.69) is 35.2 Å². The number of methoxy groups -OCH3 is 1.